The van der Waals surface area contributed by atoms with Gasteiger partial charge in [0.1, 0.15) is 0 Å². The van der Waals surface area contributed by atoms with Gasteiger partial charge in [-0.1, -0.05) is 0 Å². The molecule has 0 aliphatic rings. The molecule has 0 unspecified atom stereocenters. The number of nitrogens with zero attached hydrogens (tertiary/aromatic N) is 1. The molecule has 1 aromatic carbocycles. The summed E-state index contributed by atoms with van der Waals surface area (Å²) in [5.41, 5.74) is 0. The van der Waals surface area contributed by atoms with E-state index < -0.39 is 57.0 Å². The van der Waals surface area contributed by atoms with Gasteiger partial charge in [0, 0.05) is 0 Å². The van der Waals surface area contributed by atoms with Crippen LogP contribution in [0.1, 0.15) is 0 Å². The first-order chi connectivity index (χ1) is 8.07. The molecule has 0 bridgehead atoms. The van der Waals surface area contributed by atoms with Crippen molar-refractivity contribution >= 4 is 27.9 Å². The fourth-order valence-corrected chi connectivity index (χ4v) is 4.70. The fraction of sp³-hybridized carbons (Fsp3) is 0.400. The molecule has 0 saturated heterocycles. The Hall–Kier alpha value is -0.434. The van der Waals surface area contributed by atoms with Crippen LogP contribution in [0.3, 0.4) is 0 Å². The van der Waals surface area contributed by atoms with Gasteiger partial charge in [-0.3, -0.25) is 0 Å². The summed E-state index contributed by atoms with van der Waals surface area (Å²) in [6, 6.07) is 0. The van der Waals surface area contributed by atoms with Crippen LogP contribution >= 0.6 is 0 Å². The van der Waals surface area contributed by atoms with Gasteiger partial charge in [-0.25, -0.2) is 0 Å². The zero-order chi connectivity index (χ0) is 14.2. The van der Waals surface area contributed by atoms with Crippen LogP contribution in [-0.2, 0) is 0 Å². The van der Waals surface area contributed by atoms with Crippen molar-refractivity contribution < 1.29 is 22.0 Å². The van der Waals surface area contributed by atoms with Crippen molar-refractivity contribution in [3.8, 4) is 0 Å². The number of hydrogen-bond acceptors (Lipinski definition) is 1. The van der Waals surface area contributed by atoms with Gasteiger partial charge in [0.05, 0.1) is 0 Å². The number of rotatable bonds is 3. The summed E-state index contributed by atoms with van der Waals surface area (Å²) in [5.74, 6) is -9.32. The van der Waals surface area contributed by atoms with E-state index in [1.807, 2.05) is 19.6 Å². The second-order valence-electron chi connectivity index (χ2n) is 4.66. The molecule has 0 N–H and O–H groups in total. The van der Waals surface area contributed by atoms with Crippen LogP contribution in [0.2, 0.25) is 19.6 Å². The molecule has 0 amide bonds. The standard InChI is InChI=1S/C10H12F5NSeSi/c1-16(18(2,3)4)17-10-8(14)6(12)5(11)7(13)9(10)15/h1-4H3. The zero-order valence-electron chi connectivity index (χ0n) is 10.2. The first kappa shape index (κ1) is 15.6. The van der Waals surface area contributed by atoms with E-state index in [1.165, 1.54) is 0 Å². The predicted octanol–water partition coefficient (Wildman–Crippen LogP) is 2.39. The van der Waals surface area contributed by atoms with Crippen molar-refractivity contribution in [2.75, 3.05) is 7.05 Å². The van der Waals surface area contributed by atoms with Crippen LogP contribution in [0.25, 0.3) is 0 Å². The molecule has 0 aromatic heterocycles. The molecule has 0 aliphatic carbocycles. The molecule has 0 heterocycles. The summed E-state index contributed by atoms with van der Waals surface area (Å²) in [4.78, 5) is 0. The van der Waals surface area contributed by atoms with E-state index >= 15 is 0 Å². The van der Waals surface area contributed by atoms with E-state index in [0.717, 1.165) is 0 Å². The van der Waals surface area contributed by atoms with Crippen LogP contribution in [0.4, 0.5) is 22.0 Å². The molecule has 8 heteroatoms. The van der Waals surface area contributed by atoms with Gasteiger partial charge in [0.25, 0.3) is 0 Å². The third kappa shape index (κ3) is 2.93. The van der Waals surface area contributed by atoms with Crippen LogP contribution < -0.4 is 4.46 Å². The van der Waals surface area contributed by atoms with Crippen molar-refractivity contribution in [1.82, 2.24) is 3.58 Å². The second kappa shape index (κ2) is 5.28. The summed E-state index contributed by atoms with van der Waals surface area (Å²) in [5, 5.41) is 0. The van der Waals surface area contributed by atoms with E-state index in [2.05, 4.69) is 0 Å². The number of benzene rings is 1. The minimum absolute atomic E-state index is 0.719. The van der Waals surface area contributed by atoms with Crippen molar-refractivity contribution in [2.24, 2.45) is 0 Å². The average Bonchev–Trinajstić information content (AvgIpc) is 2.28. The van der Waals surface area contributed by atoms with E-state index in [0.29, 0.717) is 0 Å². The maximum absolute atomic E-state index is 13.4. The Labute approximate surface area is 109 Å². The van der Waals surface area contributed by atoms with Crippen LogP contribution in [0.15, 0.2) is 0 Å². The number of hydrogen-bond donors (Lipinski definition) is 0. The molecule has 1 aromatic rings. The third-order valence-corrected chi connectivity index (χ3v) is 9.86. The van der Waals surface area contributed by atoms with Gasteiger partial charge in [-0.2, -0.15) is 0 Å². The van der Waals surface area contributed by atoms with Gasteiger partial charge in [-0.15, -0.1) is 0 Å². The van der Waals surface area contributed by atoms with Gasteiger partial charge in [0.15, 0.2) is 0 Å². The minimum atomic E-state index is -2.11. The Kier molecular flexibility index (Phi) is 4.59. The fourth-order valence-electron chi connectivity index (χ4n) is 0.939. The summed E-state index contributed by atoms with van der Waals surface area (Å²) in [6.45, 7) is 5.75. The molecule has 0 radical (unpaired) electrons. The predicted molar refractivity (Wildman–Crippen MR) is 62.7 cm³/mol. The normalized spacial score (nSPS) is 12.3. The number of halogens is 5. The van der Waals surface area contributed by atoms with E-state index in [9.17, 15) is 22.0 Å². The Balaban J connectivity index is 3.26. The van der Waals surface area contributed by atoms with Gasteiger partial charge < -0.3 is 0 Å². The molecule has 0 atom stereocenters. The van der Waals surface area contributed by atoms with Crippen molar-refractivity contribution in [2.45, 2.75) is 19.6 Å². The SMILES string of the molecule is CN([Se]c1c(F)c(F)c(F)c(F)c1F)[Si](C)(C)C. The molecule has 0 fully saturated rings. The topological polar surface area (TPSA) is 3.24 Å². The molecule has 0 aliphatic heterocycles. The zero-order valence-corrected chi connectivity index (χ0v) is 13.0. The van der Waals surface area contributed by atoms with Crippen LogP contribution in [0.5, 0.6) is 0 Å². The first-order valence-corrected chi connectivity index (χ1v) is 10.1. The summed E-state index contributed by atoms with van der Waals surface area (Å²) < 4.78 is 66.7. The Bertz CT molecular complexity index is 445. The van der Waals surface area contributed by atoms with E-state index in [-0.39, 0.29) is 0 Å². The Morgan fingerprint density at radius 3 is 1.44 bits per heavy atom. The summed E-state index contributed by atoms with van der Waals surface area (Å²) >= 11 is -0.936. The monoisotopic (exact) mass is 349 g/mol. The van der Waals surface area contributed by atoms with Crippen molar-refractivity contribution in [3.63, 3.8) is 0 Å². The summed E-state index contributed by atoms with van der Waals surface area (Å²) in [7, 11) is -0.219. The molecular weight excluding hydrogens is 336 g/mol. The molecule has 0 saturated carbocycles. The molecule has 18 heavy (non-hydrogen) atoms. The maximum atomic E-state index is 13.4. The quantitative estimate of drug-likeness (QED) is 0.351. The Morgan fingerprint density at radius 2 is 1.11 bits per heavy atom. The van der Waals surface area contributed by atoms with E-state index in [1.54, 1.807) is 10.6 Å². The van der Waals surface area contributed by atoms with Gasteiger partial charge in [0.2, 0.25) is 0 Å². The van der Waals surface area contributed by atoms with E-state index in [4.69, 9.17) is 0 Å². The van der Waals surface area contributed by atoms with Gasteiger partial charge in [-0.05, 0) is 0 Å². The molecule has 0 spiro atoms. The average molecular weight is 348 g/mol. The van der Waals surface area contributed by atoms with Crippen LogP contribution in [0, 0.1) is 29.1 Å². The second-order valence-corrected chi connectivity index (χ2v) is 12.8. The third-order valence-electron chi connectivity index (χ3n) is 2.34. The van der Waals surface area contributed by atoms with Crippen LogP contribution in [-0.4, -0.2) is 34.0 Å². The molecular formula is C10H12F5NSeSi. The summed E-state index contributed by atoms with van der Waals surface area (Å²) in [6.07, 6.45) is 0. The van der Waals surface area contributed by atoms with Crippen molar-refractivity contribution in [3.05, 3.63) is 29.1 Å². The molecule has 102 valence electrons. The Morgan fingerprint density at radius 1 is 0.778 bits per heavy atom. The molecule has 1 rings (SSSR count). The first-order valence-electron chi connectivity index (χ1n) is 5.00. The van der Waals surface area contributed by atoms with Crippen molar-refractivity contribution in [1.29, 1.82) is 0 Å². The van der Waals surface area contributed by atoms with Gasteiger partial charge >= 0.3 is 109 Å². The molecule has 1 nitrogen and oxygen atoms in total.